The zero-order chi connectivity index (χ0) is 53.2. The van der Waals surface area contributed by atoms with Crippen LogP contribution in [-0.4, -0.2) is 160 Å². The molecule has 3 aliphatic heterocycles. The first-order chi connectivity index (χ1) is 32.3. The van der Waals surface area contributed by atoms with Crippen molar-refractivity contribution in [3.05, 3.63) is 0 Å². The topological polar surface area (TPSA) is 301 Å². The molecule has 0 unspecified atom stereocenters. The van der Waals surface area contributed by atoms with Crippen molar-refractivity contribution in [1.29, 1.82) is 0 Å². The molecule has 0 bridgehead atoms. The van der Waals surface area contributed by atoms with E-state index in [1.807, 2.05) is 0 Å². The van der Waals surface area contributed by atoms with Crippen LogP contribution in [0.15, 0.2) is 0 Å². The molecule has 0 N–H and O–H groups in total. The molecule has 0 spiro atoms. The maximum absolute atomic E-state index is 14.3. The second-order valence-corrected chi connectivity index (χ2v) is 20.1. The average molecular weight is 1030 g/mol. The van der Waals surface area contributed by atoms with Gasteiger partial charge in [-0.2, -0.15) is 0 Å². The van der Waals surface area contributed by atoms with Crippen LogP contribution in [0.3, 0.4) is 0 Å². The highest BCUT2D eigenvalue weighted by atomic mass is 31.2. The summed E-state index contributed by atoms with van der Waals surface area (Å²) in [6.45, 7) is 20.0. The van der Waals surface area contributed by atoms with Crippen molar-refractivity contribution >= 4 is 55.6 Å². The summed E-state index contributed by atoms with van der Waals surface area (Å²) in [5.74, 6) is -7.09. The molecular formula is C44H69O25P. The molecule has 70 heavy (non-hydrogen) atoms. The lowest BCUT2D eigenvalue weighted by atomic mass is 9.94. The molecule has 0 amide bonds. The van der Waals surface area contributed by atoms with Crippen LogP contribution in [-0.2, 0) is 118 Å². The number of hydrogen-bond acceptors (Lipinski definition) is 25. The lowest BCUT2D eigenvalue weighted by Crippen LogP contribution is -2.68. The normalized spacial score (nSPS) is 31.5. The van der Waals surface area contributed by atoms with Crippen LogP contribution in [0.1, 0.15) is 111 Å². The number of hydrogen-bond donors (Lipinski definition) is 0. The van der Waals surface area contributed by atoms with E-state index in [4.69, 9.17) is 75.2 Å². The van der Waals surface area contributed by atoms with Crippen LogP contribution in [0.25, 0.3) is 0 Å². The summed E-state index contributed by atoms with van der Waals surface area (Å²) >= 11 is 0. The second kappa shape index (κ2) is 25.4. The van der Waals surface area contributed by atoms with Gasteiger partial charge in [0.1, 0.15) is 18.8 Å². The Morgan fingerprint density at radius 1 is 0.443 bits per heavy atom. The van der Waals surface area contributed by atoms with Gasteiger partial charge in [-0.1, -0.05) is 0 Å². The fraction of sp³-hybridized carbons (Fsp3) is 0.818. The summed E-state index contributed by atoms with van der Waals surface area (Å²) in [6.07, 6.45) is -25.3. The third-order valence-electron chi connectivity index (χ3n) is 10.1. The van der Waals surface area contributed by atoms with Gasteiger partial charge in [0.15, 0.2) is 67.7 Å². The van der Waals surface area contributed by atoms with Crippen LogP contribution < -0.4 is 0 Å². The van der Waals surface area contributed by atoms with Gasteiger partial charge < -0.3 is 61.6 Å². The Balaban J connectivity index is 2.46. The first-order valence-corrected chi connectivity index (χ1v) is 24.0. The van der Waals surface area contributed by atoms with Crippen LogP contribution in [0.4, 0.5) is 0 Å². The number of phosphoric ester groups is 1. The lowest BCUT2D eigenvalue weighted by Gasteiger charge is -2.50. The van der Waals surface area contributed by atoms with Crippen LogP contribution in [0.2, 0.25) is 0 Å². The molecule has 3 heterocycles. The van der Waals surface area contributed by atoms with Gasteiger partial charge in [0.25, 0.3) is 0 Å². The number of esters is 8. The zero-order valence-electron chi connectivity index (χ0n) is 42.4. The van der Waals surface area contributed by atoms with Gasteiger partial charge in [-0.15, -0.1) is 0 Å². The van der Waals surface area contributed by atoms with E-state index in [0.717, 1.165) is 41.5 Å². The largest absolute Gasteiger partial charge is 0.477 e. The summed E-state index contributed by atoms with van der Waals surface area (Å²) in [6, 6.07) is 0. The maximum atomic E-state index is 14.3. The minimum atomic E-state index is -4.72. The Labute approximate surface area is 406 Å². The molecule has 3 rings (SSSR count). The Kier molecular flexibility index (Phi) is 21.7. The Hall–Kier alpha value is -4.33. The first kappa shape index (κ1) is 60.0. The van der Waals surface area contributed by atoms with Gasteiger partial charge in [-0.25, -0.2) is 4.57 Å². The van der Waals surface area contributed by atoms with Gasteiger partial charge in [0.2, 0.25) is 0 Å². The van der Waals surface area contributed by atoms with E-state index in [1.54, 1.807) is 20.8 Å². The van der Waals surface area contributed by atoms with Crippen LogP contribution >= 0.6 is 7.82 Å². The predicted molar refractivity (Wildman–Crippen MR) is 232 cm³/mol. The van der Waals surface area contributed by atoms with Crippen molar-refractivity contribution in [3.63, 3.8) is 0 Å². The summed E-state index contributed by atoms with van der Waals surface area (Å²) in [5, 5.41) is 0. The first-order valence-electron chi connectivity index (χ1n) is 22.6. The average Bonchev–Trinajstić information content (AvgIpc) is 3.20. The highest BCUT2D eigenvalue weighted by Gasteiger charge is 2.60. The van der Waals surface area contributed by atoms with Gasteiger partial charge in [-0.05, 0) is 69.2 Å². The Bertz CT molecular complexity index is 1900. The molecule has 3 saturated heterocycles. The highest BCUT2D eigenvalue weighted by Crippen LogP contribution is 2.53. The zero-order valence-corrected chi connectivity index (χ0v) is 43.3. The van der Waals surface area contributed by atoms with Crippen molar-refractivity contribution < 1.29 is 118 Å². The number of carbonyl (C=O) groups excluding carboxylic acids is 8. The molecule has 25 nitrogen and oxygen atoms in total. The number of ether oxygens (including phenoxy) is 13. The molecular weight excluding hydrogens is 959 g/mol. The molecule has 0 aliphatic carbocycles. The quantitative estimate of drug-likeness (QED) is 0.102. The second-order valence-electron chi connectivity index (χ2n) is 18.5. The number of rotatable bonds is 19. The standard InChI is InChI=1S/C44H69O25P/c1-17-55-70(53,56-18-2)69-40-37(67-39-36(64-27(10)50)33(62-25(8)48)30(21(4)58-39)60-23(6)46)34(68-42(52)44(14,15)16)31(28(65-40)19-54-41(51)43(11,12)13)66-38-35(63-26(9)49)32(61-24(7)47)29(20(3)57-38)59-22(5)45/h20-21,28-40H,17-19H2,1-16H3/t20-,21-,28+,29-,30-,31+,32+,33+,34-,35+,36+,37+,38-,39-,40-/m0/s1. The fourth-order valence-corrected chi connectivity index (χ4v) is 8.48. The molecule has 0 saturated carbocycles. The monoisotopic (exact) mass is 1030 g/mol. The predicted octanol–water partition coefficient (Wildman–Crippen LogP) is 3.31. The SMILES string of the molecule is CCOP(=O)(OCC)O[C@@H]1O[C@H](COC(=O)C(C)(C)C)[C@@H](O[C@@H]2O[C@@H](C)[C@H](OC(C)=O)[C@@H](OC(C)=O)[C@H]2OC(C)=O)[C@H](OC(=O)C(C)(C)C)[C@H]1O[C@@H]1O[C@@H](C)[C@H](OC(C)=O)[C@@H](OC(C)=O)[C@H]1OC(C)=O. The molecule has 26 heteroatoms. The Morgan fingerprint density at radius 3 is 1.14 bits per heavy atom. The van der Waals surface area contributed by atoms with Crippen LogP contribution in [0.5, 0.6) is 0 Å². The van der Waals surface area contributed by atoms with Crippen molar-refractivity contribution in [3.8, 4) is 0 Å². The van der Waals surface area contributed by atoms with Crippen LogP contribution in [0, 0.1) is 10.8 Å². The van der Waals surface area contributed by atoms with Gasteiger partial charge >= 0.3 is 55.6 Å². The third kappa shape index (κ3) is 16.9. The van der Waals surface area contributed by atoms with Crippen molar-refractivity contribution in [2.75, 3.05) is 19.8 Å². The van der Waals surface area contributed by atoms with Gasteiger partial charge in [0.05, 0.1) is 36.3 Å². The molecule has 0 aromatic heterocycles. The van der Waals surface area contributed by atoms with E-state index in [9.17, 15) is 42.9 Å². The minimum Gasteiger partial charge on any atom is -0.462 e. The molecule has 0 aromatic carbocycles. The minimum absolute atomic E-state index is 0.248. The fourth-order valence-electron chi connectivity index (χ4n) is 7.23. The van der Waals surface area contributed by atoms with Crippen molar-refractivity contribution in [2.45, 2.75) is 203 Å². The van der Waals surface area contributed by atoms with E-state index >= 15 is 0 Å². The van der Waals surface area contributed by atoms with E-state index in [1.165, 1.54) is 48.5 Å². The molecule has 3 fully saturated rings. The third-order valence-corrected chi connectivity index (χ3v) is 11.7. The molecule has 0 radical (unpaired) electrons. The summed E-state index contributed by atoms with van der Waals surface area (Å²) < 4.78 is 109. The highest BCUT2D eigenvalue weighted by molar-refractivity contribution is 7.48. The smallest absolute Gasteiger partial charge is 0.462 e. The number of carbonyl (C=O) groups is 8. The van der Waals surface area contributed by atoms with Crippen molar-refractivity contribution in [2.24, 2.45) is 10.8 Å². The van der Waals surface area contributed by atoms with E-state index in [-0.39, 0.29) is 13.2 Å². The van der Waals surface area contributed by atoms with Gasteiger partial charge in [-0.3, -0.25) is 51.9 Å². The molecule has 400 valence electrons. The van der Waals surface area contributed by atoms with Crippen molar-refractivity contribution in [1.82, 2.24) is 0 Å². The van der Waals surface area contributed by atoms with E-state index in [0.29, 0.717) is 0 Å². The number of phosphoric acid groups is 1. The summed E-state index contributed by atoms with van der Waals surface area (Å²) in [7, 11) is -4.72. The van der Waals surface area contributed by atoms with Gasteiger partial charge in [0, 0.05) is 41.5 Å². The van der Waals surface area contributed by atoms with E-state index < -0.39 is 165 Å². The lowest BCUT2D eigenvalue weighted by molar-refractivity contribution is -0.379. The Morgan fingerprint density at radius 2 is 0.786 bits per heavy atom. The molecule has 15 atom stereocenters. The van der Waals surface area contributed by atoms with E-state index in [2.05, 4.69) is 0 Å². The summed E-state index contributed by atoms with van der Waals surface area (Å²) in [5.41, 5.74) is -2.44. The molecule has 3 aliphatic rings. The maximum Gasteiger partial charge on any atom is 0.477 e. The molecule has 0 aromatic rings. The summed E-state index contributed by atoms with van der Waals surface area (Å²) in [4.78, 5) is 103.